The summed E-state index contributed by atoms with van der Waals surface area (Å²) in [4.78, 5) is 3.94. The zero-order valence-electron chi connectivity index (χ0n) is 6.47. The highest BCUT2D eigenvalue weighted by atomic mass is 35.5. The molecule has 0 radical (unpaired) electrons. The van der Waals surface area contributed by atoms with Crippen LogP contribution in [0.15, 0.2) is 27.5 Å². The molecule has 3 heteroatoms. The Bertz CT molecular complexity index is 238. The van der Waals surface area contributed by atoms with Crippen molar-refractivity contribution in [2.24, 2.45) is 10.7 Å². The van der Waals surface area contributed by atoms with Gasteiger partial charge in [-0.25, -0.2) is 0 Å². The molecule has 0 aliphatic carbocycles. The van der Waals surface area contributed by atoms with Crippen LogP contribution in [0.4, 0.5) is 0 Å². The third-order valence-electron chi connectivity index (χ3n) is 1.62. The van der Waals surface area contributed by atoms with E-state index in [0.29, 0.717) is 0 Å². The van der Waals surface area contributed by atoms with E-state index in [-0.39, 0.29) is 0 Å². The van der Waals surface area contributed by atoms with Crippen molar-refractivity contribution in [3.8, 4) is 0 Å². The van der Waals surface area contributed by atoms with E-state index in [4.69, 9.17) is 17.3 Å². The second-order valence-corrected chi connectivity index (χ2v) is 3.02. The zero-order valence-corrected chi connectivity index (χ0v) is 7.23. The summed E-state index contributed by atoms with van der Waals surface area (Å²) in [5.74, 6) is 0. The van der Waals surface area contributed by atoms with Crippen LogP contribution in [0.1, 0.15) is 19.8 Å². The maximum absolute atomic E-state index is 5.85. The average Bonchev–Trinajstić information content (AvgIpc) is 1.98. The standard InChI is InChI=1S/C8H11ClN2/c1-6-2-3-7(10)4-11-5-8(6)9/h4-5H,2-3,10H2,1H3/b7-4+,8-6-,11-5-. The summed E-state index contributed by atoms with van der Waals surface area (Å²) >= 11 is 5.85. The molecule has 0 aromatic rings. The summed E-state index contributed by atoms with van der Waals surface area (Å²) in [7, 11) is 0. The van der Waals surface area contributed by atoms with Crippen LogP contribution < -0.4 is 5.73 Å². The van der Waals surface area contributed by atoms with Crippen LogP contribution in [0.5, 0.6) is 0 Å². The smallest absolute Gasteiger partial charge is 0.0578 e. The van der Waals surface area contributed by atoms with Crippen LogP contribution in [-0.4, -0.2) is 6.21 Å². The number of halogens is 1. The Morgan fingerprint density at radius 3 is 3.00 bits per heavy atom. The lowest BCUT2D eigenvalue weighted by Crippen LogP contribution is -1.99. The Labute approximate surface area is 71.4 Å². The minimum absolute atomic E-state index is 0.730. The first kappa shape index (κ1) is 8.34. The van der Waals surface area contributed by atoms with Gasteiger partial charge in [-0.3, -0.25) is 4.99 Å². The number of hydrogen-bond donors (Lipinski definition) is 1. The van der Waals surface area contributed by atoms with Crippen molar-refractivity contribution < 1.29 is 0 Å². The molecule has 2 nitrogen and oxygen atoms in total. The van der Waals surface area contributed by atoms with E-state index in [1.165, 1.54) is 0 Å². The van der Waals surface area contributed by atoms with Crippen LogP contribution in [0.25, 0.3) is 0 Å². The fraction of sp³-hybridized carbons (Fsp3) is 0.375. The monoisotopic (exact) mass is 170 g/mol. The molecule has 0 atom stereocenters. The first-order valence-corrected chi connectivity index (χ1v) is 3.91. The van der Waals surface area contributed by atoms with Gasteiger partial charge in [-0.05, 0) is 19.8 Å². The minimum atomic E-state index is 0.730. The maximum Gasteiger partial charge on any atom is 0.0578 e. The molecule has 1 aliphatic rings. The molecule has 0 saturated heterocycles. The van der Waals surface area contributed by atoms with Crippen LogP contribution in [0.2, 0.25) is 0 Å². The Morgan fingerprint density at radius 2 is 2.27 bits per heavy atom. The summed E-state index contributed by atoms with van der Waals surface area (Å²) in [6.07, 6.45) is 5.05. The number of allylic oxidation sites excluding steroid dienone is 3. The van der Waals surface area contributed by atoms with E-state index in [9.17, 15) is 0 Å². The molecule has 2 N–H and O–H groups in total. The number of nitrogens with zero attached hydrogens (tertiary/aromatic N) is 1. The van der Waals surface area contributed by atoms with Crippen LogP contribution in [0, 0.1) is 0 Å². The summed E-state index contributed by atoms with van der Waals surface area (Å²) in [6.45, 7) is 1.99. The topological polar surface area (TPSA) is 38.4 Å². The van der Waals surface area contributed by atoms with Crippen molar-refractivity contribution in [2.45, 2.75) is 19.8 Å². The fourth-order valence-corrected chi connectivity index (χ4v) is 0.975. The quantitative estimate of drug-likeness (QED) is 0.595. The molecule has 0 aromatic heterocycles. The minimum Gasteiger partial charge on any atom is -0.401 e. The predicted octanol–water partition coefficient (Wildman–Crippen LogP) is 2.16. The van der Waals surface area contributed by atoms with E-state index < -0.39 is 0 Å². The SMILES string of the molecule is C\C1=C(Cl)/C=N\C=C(\N)CC1. The first-order chi connectivity index (χ1) is 5.20. The zero-order chi connectivity index (χ0) is 8.27. The Hall–Kier alpha value is -0.760. The van der Waals surface area contributed by atoms with Crippen molar-refractivity contribution in [2.75, 3.05) is 0 Å². The van der Waals surface area contributed by atoms with Crippen molar-refractivity contribution in [3.63, 3.8) is 0 Å². The van der Waals surface area contributed by atoms with Crippen LogP contribution in [0.3, 0.4) is 0 Å². The van der Waals surface area contributed by atoms with Crippen molar-refractivity contribution in [1.82, 2.24) is 0 Å². The highest BCUT2D eigenvalue weighted by Crippen LogP contribution is 2.16. The number of rotatable bonds is 0. The van der Waals surface area contributed by atoms with E-state index in [1.807, 2.05) is 6.92 Å². The van der Waals surface area contributed by atoms with E-state index >= 15 is 0 Å². The third kappa shape index (κ3) is 2.39. The molecule has 0 amide bonds. The molecule has 1 aliphatic heterocycles. The van der Waals surface area contributed by atoms with E-state index in [2.05, 4.69) is 4.99 Å². The van der Waals surface area contributed by atoms with Gasteiger partial charge in [0.05, 0.1) is 5.03 Å². The molecule has 60 valence electrons. The molecule has 0 bridgehead atoms. The van der Waals surface area contributed by atoms with Crippen LogP contribution >= 0.6 is 11.6 Å². The molecule has 0 saturated carbocycles. The second-order valence-electron chi connectivity index (χ2n) is 2.61. The van der Waals surface area contributed by atoms with Gasteiger partial charge >= 0.3 is 0 Å². The van der Waals surface area contributed by atoms with Gasteiger partial charge in [-0.1, -0.05) is 17.2 Å². The van der Waals surface area contributed by atoms with Gasteiger partial charge in [0.25, 0.3) is 0 Å². The van der Waals surface area contributed by atoms with Gasteiger partial charge in [0.2, 0.25) is 0 Å². The molecule has 1 rings (SSSR count). The molecular formula is C8H11ClN2. The Balaban J connectivity index is 2.83. The Morgan fingerprint density at radius 1 is 1.55 bits per heavy atom. The van der Waals surface area contributed by atoms with Crippen molar-refractivity contribution >= 4 is 17.8 Å². The maximum atomic E-state index is 5.85. The largest absolute Gasteiger partial charge is 0.401 e. The second kappa shape index (κ2) is 3.58. The molecule has 0 aromatic carbocycles. The molecule has 11 heavy (non-hydrogen) atoms. The lowest BCUT2D eigenvalue weighted by atomic mass is 10.1. The van der Waals surface area contributed by atoms with Gasteiger partial charge in [0.1, 0.15) is 0 Å². The van der Waals surface area contributed by atoms with Gasteiger partial charge < -0.3 is 5.73 Å². The average molecular weight is 171 g/mol. The third-order valence-corrected chi connectivity index (χ3v) is 2.04. The summed E-state index contributed by atoms with van der Waals surface area (Å²) in [5.41, 5.74) is 7.55. The number of hydrogen-bond acceptors (Lipinski definition) is 2. The lowest BCUT2D eigenvalue weighted by Gasteiger charge is -2.04. The first-order valence-electron chi connectivity index (χ1n) is 3.53. The van der Waals surface area contributed by atoms with Crippen molar-refractivity contribution in [3.05, 3.63) is 22.5 Å². The normalized spacial score (nSPS) is 33.5. The number of aliphatic imine (C=N–C) groups is 1. The predicted molar refractivity (Wildman–Crippen MR) is 48.5 cm³/mol. The summed E-state index contributed by atoms with van der Waals surface area (Å²) in [6, 6.07) is 0. The van der Waals surface area contributed by atoms with E-state index in [0.717, 1.165) is 29.1 Å². The lowest BCUT2D eigenvalue weighted by molar-refractivity contribution is 0.903. The highest BCUT2D eigenvalue weighted by Gasteiger charge is 2.00. The Kier molecular flexibility index (Phi) is 2.71. The highest BCUT2D eigenvalue weighted by molar-refractivity contribution is 6.39. The number of nitrogens with two attached hydrogens (primary N) is 1. The molecule has 0 spiro atoms. The van der Waals surface area contributed by atoms with Gasteiger partial charge in [-0.15, -0.1) is 0 Å². The summed E-state index contributed by atoms with van der Waals surface area (Å²) in [5, 5.41) is 0.730. The van der Waals surface area contributed by atoms with Gasteiger partial charge in [0, 0.05) is 18.1 Å². The molecule has 1 heterocycles. The van der Waals surface area contributed by atoms with Gasteiger partial charge in [-0.2, -0.15) is 0 Å². The molecule has 0 fully saturated rings. The van der Waals surface area contributed by atoms with Gasteiger partial charge in [0.15, 0.2) is 0 Å². The summed E-state index contributed by atoms with van der Waals surface area (Å²) < 4.78 is 0. The van der Waals surface area contributed by atoms with Crippen molar-refractivity contribution in [1.29, 1.82) is 0 Å². The molecular weight excluding hydrogens is 160 g/mol. The fourth-order valence-electron chi connectivity index (χ4n) is 0.824. The van der Waals surface area contributed by atoms with E-state index in [1.54, 1.807) is 12.4 Å². The molecule has 0 unspecified atom stereocenters. The van der Waals surface area contributed by atoms with Crippen LogP contribution in [-0.2, 0) is 0 Å².